The van der Waals surface area contributed by atoms with Crippen LogP contribution in [0.25, 0.3) is 0 Å². The Bertz CT molecular complexity index is 631. The number of nitrogens with one attached hydrogen (secondary N) is 1. The van der Waals surface area contributed by atoms with E-state index in [0.717, 1.165) is 10.0 Å². The van der Waals surface area contributed by atoms with Crippen LogP contribution < -0.4 is 17.0 Å². The van der Waals surface area contributed by atoms with Crippen LogP contribution in [0.2, 0.25) is 0 Å². The van der Waals surface area contributed by atoms with Crippen molar-refractivity contribution >= 4 is 33.5 Å². The van der Waals surface area contributed by atoms with Gasteiger partial charge in [0.1, 0.15) is 5.82 Å². The number of nitrogens with two attached hydrogens (primary N) is 2. The number of hydrogen-bond acceptors (Lipinski definition) is 5. The van der Waals surface area contributed by atoms with Crippen LogP contribution >= 0.6 is 27.7 Å². The van der Waals surface area contributed by atoms with Crippen molar-refractivity contribution in [2.75, 3.05) is 12.3 Å². The first-order valence-corrected chi connectivity index (χ1v) is 7.25. The monoisotopic (exact) mass is 340 g/mol. The van der Waals surface area contributed by atoms with E-state index >= 15 is 0 Å². The number of benzene rings is 1. The fourth-order valence-electron chi connectivity index (χ4n) is 1.62. The minimum absolute atomic E-state index is 0.0134. The standard InChI is InChI=1S/C12H13BrN4OS/c13-8-4-2-1-3-7(8)9(6-14)19-12-16-10(15)5-11(18)17-12/h1-5,9H,6,14H2,(H3,15,16,17,18). The summed E-state index contributed by atoms with van der Waals surface area (Å²) in [5.74, 6) is 0.203. The highest BCUT2D eigenvalue weighted by molar-refractivity contribution is 9.10. The van der Waals surface area contributed by atoms with E-state index in [1.165, 1.54) is 17.8 Å². The van der Waals surface area contributed by atoms with E-state index in [0.29, 0.717) is 11.7 Å². The first-order chi connectivity index (χ1) is 9.10. The Morgan fingerprint density at radius 1 is 1.42 bits per heavy atom. The second kappa shape index (κ2) is 6.23. The minimum atomic E-state index is -0.266. The lowest BCUT2D eigenvalue weighted by atomic mass is 10.1. The van der Waals surface area contributed by atoms with Gasteiger partial charge < -0.3 is 16.5 Å². The van der Waals surface area contributed by atoms with Gasteiger partial charge in [-0.15, -0.1) is 0 Å². The molecule has 2 aromatic rings. The number of hydrogen-bond donors (Lipinski definition) is 3. The van der Waals surface area contributed by atoms with Gasteiger partial charge in [0.15, 0.2) is 5.16 Å². The highest BCUT2D eigenvalue weighted by Crippen LogP contribution is 2.35. The molecule has 5 nitrogen and oxygen atoms in total. The highest BCUT2D eigenvalue weighted by Gasteiger charge is 2.15. The third kappa shape index (κ3) is 3.59. The zero-order valence-corrected chi connectivity index (χ0v) is 12.4. The van der Waals surface area contributed by atoms with E-state index in [2.05, 4.69) is 25.9 Å². The lowest BCUT2D eigenvalue weighted by molar-refractivity contribution is 0.898. The van der Waals surface area contributed by atoms with E-state index in [-0.39, 0.29) is 16.6 Å². The van der Waals surface area contributed by atoms with E-state index in [1.807, 2.05) is 24.3 Å². The summed E-state index contributed by atoms with van der Waals surface area (Å²) in [6, 6.07) is 9.07. The minimum Gasteiger partial charge on any atom is -0.383 e. The molecular formula is C12H13BrN4OS. The van der Waals surface area contributed by atoms with Crippen molar-refractivity contribution in [1.82, 2.24) is 9.97 Å². The summed E-state index contributed by atoms with van der Waals surface area (Å²) in [4.78, 5) is 18.1. The van der Waals surface area contributed by atoms with E-state index in [4.69, 9.17) is 11.5 Å². The Morgan fingerprint density at radius 2 is 2.16 bits per heavy atom. The highest BCUT2D eigenvalue weighted by atomic mass is 79.9. The van der Waals surface area contributed by atoms with E-state index in [9.17, 15) is 4.79 Å². The molecule has 0 amide bonds. The van der Waals surface area contributed by atoms with Crippen molar-refractivity contribution in [3.05, 3.63) is 50.7 Å². The quantitative estimate of drug-likeness (QED) is 0.583. The summed E-state index contributed by atoms with van der Waals surface area (Å²) in [7, 11) is 0. The topological polar surface area (TPSA) is 97.8 Å². The van der Waals surface area contributed by atoms with Crippen LogP contribution in [0.4, 0.5) is 5.82 Å². The maximum absolute atomic E-state index is 11.4. The third-order valence-electron chi connectivity index (χ3n) is 2.46. The molecule has 2 rings (SSSR count). The molecule has 0 saturated heterocycles. The largest absolute Gasteiger partial charge is 0.383 e. The van der Waals surface area contributed by atoms with Crippen LogP contribution in [-0.2, 0) is 0 Å². The van der Waals surface area contributed by atoms with Gasteiger partial charge in [0.05, 0.1) is 5.25 Å². The molecule has 1 atom stereocenters. The van der Waals surface area contributed by atoms with Crippen LogP contribution in [0, 0.1) is 0 Å². The fraction of sp³-hybridized carbons (Fsp3) is 0.167. The Morgan fingerprint density at radius 3 is 2.79 bits per heavy atom. The van der Waals surface area contributed by atoms with Crippen LogP contribution in [0.1, 0.15) is 10.8 Å². The van der Waals surface area contributed by atoms with Crippen molar-refractivity contribution in [1.29, 1.82) is 0 Å². The number of aromatic amines is 1. The molecule has 100 valence electrons. The molecule has 0 aliphatic carbocycles. The molecule has 5 N–H and O–H groups in total. The summed E-state index contributed by atoms with van der Waals surface area (Å²) >= 11 is 4.88. The Labute approximate surface area is 122 Å². The summed E-state index contributed by atoms with van der Waals surface area (Å²) in [6.45, 7) is 0.422. The molecule has 7 heteroatoms. The van der Waals surface area contributed by atoms with Gasteiger partial charge in [-0.3, -0.25) is 4.79 Å². The first kappa shape index (κ1) is 14.1. The lowest BCUT2D eigenvalue weighted by Crippen LogP contribution is -2.13. The zero-order chi connectivity index (χ0) is 13.8. The molecule has 0 spiro atoms. The third-order valence-corrected chi connectivity index (χ3v) is 4.33. The number of anilines is 1. The maximum Gasteiger partial charge on any atom is 0.253 e. The number of thioether (sulfide) groups is 1. The maximum atomic E-state index is 11.4. The summed E-state index contributed by atoms with van der Waals surface area (Å²) < 4.78 is 0.976. The van der Waals surface area contributed by atoms with Gasteiger partial charge in [0.2, 0.25) is 0 Å². The van der Waals surface area contributed by atoms with Crippen molar-refractivity contribution in [3.8, 4) is 0 Å². The van der Waals surface area contributed by atoms with Crippen molar-refractivity contribution < 1.29 is 0 Å². The molecule has 19 heavy (non-hydrogen) atoms. The first-order valence-electron chi connectivity index (χ1n) is 5.58. The van der Waals surface area contributed by atoms with Gasteiger partial charge in [-0.2, -0.15) is 0 Å². The van der Waals surface area contributed by atoms with Gasteiger partial charge in [-0.1, -0.05) is 45.9 Å². The molecule has 0 bridgehead atoms. The number of nitrogen functional groups attached to an aromatic ring is 1. The number of nitrogens with zero attached hydrogens (tertiary/aromatic N) is 1. The van der Waals surface area contributed by atoms with Gasteiger partial charge in [-0.05, 0) is 11.6 Å². The Hall–Kier alpha value is -1.31. The molecule has 1 aromatic carbocycles. The molecule has 1 heterocycles. The normalized spacial score (nSPS) is 12.3. The molecule has 0 radical (unpaired) electrons. The Balaban J connectivity index is 2.29. The molecule has 0 aliphatic rings. The molecule has 1 aromatic heterocycles. The number of rotatable bonds is 4. The van der Waals surface area contributed by atoms with Crippen molar-refractivity contribution in [2.24, 2.45) is 5.73 Å². The Kier molecular flexibility index (Phi) is 4.62. The van der Waals surface area contributed by atoms with Gasteiger partial charge in [0.25, 0.3) is 5.56 Å². The van der Waals surface area contributed by atoms with Gasteiger partial charge >= 0.3 is 0 Å². The average molecular weight is 341 g/mol. The number of aromatic nitrogens is 2. The summed E-state index contributed by atoms with van der Waals surface area (Å²) in [6.07, 6.45) is 0. The van der Waals surface area contributed by atoms with E-state index < -0.39 is 0 Å². The predicted octanol–water partition coefficient (Wildman–Crippen LogP) is 1.91. The fourth-order valence-corrected chi connectivity index (χ4v) is 3.35. The SMILES string of the molecule is NCC(Sc1nc(N)cc(=O)[nH]1)c1ccccc1Br. The van der Waals surface area contributed by atoms with Crippen molar-refractivity contribution in [3.63, 3.8) is 0 Å². The van der Waals surface area contributed by atoms with Crippen LogP contribution in [-0.4, -0.2) is 16.5 Å². The summed E-state index contributed by atoms with van der Waals surface area (Å²) in [5, 5.41) is 0.455. The van der Waals surface area contributed by atoms with Gasteiger partial charge in [-0.25, -0.2) is 4.98 Å². The summed E-state index contributed by atoms with van der Waals surface area (Å²) in [5.41, 5.74) is 12.2. The predicted molar refractivity (Wildman–Crippen MR) is 81.1 cm³/mol. The van der Waals surface area contributed by atoms with Crippen LogP contribution in [0.15, 0.2) is 44.8 Å². The number of halogens is 1. The molecule has 1 unspecified atom stereocenters. The van der Waals surface area contributed by atoms with Crippen LogP contribution in [0.5, 0.6) is 0 Å². The molecule has 0 aliphatic heterocycles. The molecule has 0 fully saturated rings. The lowest BCUT2D eigenvalue weighted by Gasteiger charge is -2.15. The van der Waals surface area contributed by atoms with E-state index in [1.54, 1.807) is 0 Å². The van der Waals surface area contributed by atoms with Crippen LogP contribution in [0.3, 0.4) is 0 Å². The average Bonchev–Trinajstić information content (AvgIpc) is 2.36. The van der Waals surface area contributed by atoms with Crippen molar-refractivity contribution in [2.45, 2.75) is 10.4 Å². The smallest absolute Gasteiger partial charge is 0.253 e. The second-order valence-electron chi connectivity index (χ2n) is 3.84. The zero-order valence-electron chi connectivity index (χ0n) is 9.97. The molecule has 0 saturated carbocycles. The molecular weight excluding hydrogens is 328 g/mol. The second-order valence-corrected chi connectivity index (χ2v) is 5.88. The number of H-pyrrole nitrogens is 1. The van der Waals surface area contributed by atoms with Gasteiger partial charge in [0, 0.05) is 17.1 Å².